The lowest BCUT2D eigenvalue weighted by Crippen LogP contribution is -2.48. The highest BCUT2D eigenvalue weighted by Gasteiger charge is 2.28. The van der Waals surface area contributed by atoms with Gasteiger partial charge < -0.3 is 10.2 Å². The van der Waals surface area contributed by atoms with Gasteiger partial charge >= 0.3 is 0 Å². The number of hydrogen-bond donors (Lipinski definition) is 1. The fourth-order valence-electron chi connectivity index (χ4n) is 3.36. The van der Waals surface area contributed by atoms with E-state index in [1.165, 1.54) is 10.9 Å². The molecule has 1 aromatic carbocycles. The number of aryl methyl sites for hydroxylation is 1. The molecule has 128 valence electrons. The maximum atomic E-state index is 12.5. The minimum Gasteiger partial charge on any atom is -0.356 e. The first-order chi connectivity index (χ1) is 11.3. The second-order valence-electron chi connectivity index (χ2n) is 7.84. The van der Waals surface area contributed by atoms with Gasteiger partial charge in [-0.15, -0.1) is 0 Å². The Morgan fingerprint density at radius 1 is 1.29 bits per heavy atom. The SMILES string of the molecule is Cc1cc(N2CCCC(C(=O)NC(C)(C)C)C2)nc2ccccc12. The molecule has 1 aliphatic rings. The van der Waals surface area contributed by atoms with Crippen LogP contribution in [0.3, 0.4) is 0 Å². The lowest BCUT2D eigenvalue weighted by Gasteiger charge is -2.34. The van der Waals surface area contributed by atoms with Crippen LogP contribution < -0.4 is 10.2 Å². The standard InChI is InChI=1S/C20H27N3O/c1-14-12-18(21-17-10-6-5-9-16(14)17)23-11-7-8-15(13-23)19(24)22-20(2,3)4/h5-6,9-10,12,15H,7-8,11,13H2,1-4H3,(H,22,24). The first kappa shape index (κ1) is 16.7. The molecule has 1 fully saturated rings. The molecule has 2 aromatic rings. The van der Waals surface area contributed by atoms with Crippen molar-refractivity contribution in [2.45, 2.75) is 46.1 Å². The quantitative estimate of drug-likeness (QED) is 0.916. The van der Waals surface area contributed by atoms with Crippen molar-refractivity contribution in [1.29, 1.82) is 0 Å². The van der Waals surface area contributed by atoms with Crippen LogP contribution in [-0.2, 0) is 4.79 Å². The molecular weight excluding hydrogens is 298 g/mol. The molecule has 1 aliphatic heterocycles. The van der Waals surface area contributed by atoms with Gasteiger partial charge in [-0.2, -0.15) is 0 Å². The Labute approximate surface area is 144 Å². The van der Waals surface area contributed by atoms with E-state index in [9.17, 15) is 4.79 Å². The van der Waals surface area contributed by atoms with Crippen molar-refractivity contribution < 1.29 is 4.79 Å². The number of para-hydroxylation sites is 1. The van der Waals surface area contributed by atoms with Crippen molar-refractivity contribution in [3.8, 4) is 0 Å². The predicted molar refractivity (Wildman–Crippen MR) is 99.3 cm³/mol. The minimum absolute atomic E-state index is 0.0338. The fourth-order valence-corrected chi connectivity index (χ4v) is 3.36. The smallest absolute Gasteiger partial charge is 0.225 e. The first-order valence-electron chi connectivity index (χ1n) is 8.77. The molecule has 4 nitrogen and oxygen atoms in total. The Kier molecular flexibility index (Phi) is 4.48. The highest BCUT2D eigenvalue weighted by molar-refractivity contribution is 5.84. The summed E-state index contributed by atoms with van der Waals surface area (Å²) in [6.45, 7) is 9.91. The minimum atomic E-state index is -0.183. The monoisotopic (exact) mass is 325 g/mol. The first-order valence-corrected chi connectivity index (χ1v) is 8.77. The van der Waals surface area contributed by atoms with Crippen LogP contribution in [0.5, 0.6) is 0 Å². The van der Waals surface area contributed by atoms with E-state index < -0.39 is 0 Å². The number of carbonyl (C=O) groups excluding carboxylic acids is 1. The molecule has 0 saturated carbocycles. The molecule has 1 N–H and O–H groups in total. The fraction of sp³-hybridized carbons (Fsp3) is 0.500. The van der Waals surface area contributed by atoms with E-state index >= 15 is 0 Å². The Bertz CT molecular complexity index is 748. The zero-order valence-electron chi connectivity index (χ0n) is 15.1. The summed E-state index contributed by atoms with van der Waals surface area (Å²) in [6.07, 6.45) is 1.97. The van der Waals surface area contributed by atoms with Gasteiger partial charge in [-0.25, -0.2) is 4.98 Å². The summed E-state index contributed by atoms with van der Waals surface area (Å²) in [6, 6.07) is 10.4. The number of pyridine rings is 1. The van der Waals surface area contributed by atoms with E-state index in [0.29, 0.717) is 0 Å². The van der Waals surface area contributed by atoms with Gasteiger partial charge in [-0.05, 0) is 58.2 Å². The molecule has 4 heteroatoms. The van der Waals surface area contributed by atoms with Crippen LogP contribution >= 0.6 is 0 Å². The number of hydrogen-bond acceptors (Lipinski definition) is 3. The molecule has 0 spiro atoms. The van der Waals surface area contributed by atoms with Crippen LogP contribution in [0.4, 0.5) is 5.82 Å². The molecule has 0 bridgehead atoms. The molecule has 1 atom stereocenters. The maximum absolute atomic E-state index is 12.5. The normalized spacial score (nSPS) is 18.7. The molecule has 24 heavy (non-hydrogen) atoms. The van der Waals surface area contributed by atoms with Gasteiger partial charge in [0.1, 0.15) is 5.82 Å². The second-order valence-corrected chi connectivity index (χ2v) is 7.84. The molecule has 0 aliphatic carbocycles. The number of aromatic nitrogens is 1. The summed E-state index contributed by atoms with van der Waals surface area (Å²) < 4.78 is 0. The third-order valence-corrected chi connectivity index (χ3v) is 4.52. The van der Waals surface area contributed by atoms with Crippen molar-refractivity contribution in [2.24, 2.45) is 5.92 Å². The summed E-state index contributed by atoms with van der Waals surface area (Å²) in [4.78, 5) is 19.6. The van der Waals surface area contributed by atoms with Crippen LogP contribution in [0.25, 0.3) is 10.9 Å². The Hall–Kier alpha value is -2.10. The molecular formula is C20H27N3O. The number of piperidine rings is 1. The van der Waals surface area contributed by atoms with E-state index in [4.69, 9.17) is 4.98 Å². The summed E-state index contributed by atoms with van der Waals surface area (Å²) in [7, 11) is 0. The van der Waals surface area contributed by atoms with Gasteiger partial charge in [-0.1, -0.05) is 18.2 Å². The highest BCUT2D eigenvalue weighted by atomic mass is 16.2. The highest BCUT2D eigenvalue weighted by Crippen LogP contribution is 2.26. The molecule has 0 radical (unpaired) electrons. The van der Waals surface area contributed by atoms with E-state index in [1.54, 1.807) is 0 Å². The molecule has 3 rings (SSSR count). The van der Waals surface area contributed by atoms with Gasteiger partial charge in [0.2, 0.25) is 5.91 Å². The summed E-state index contributed by atoms with van der Waals surface area (Å²) in [5.41, 5.74) is 2.07. The second kappa shape index (κ2) is 6.42. The number of fused-ring (bicyclic) bond motifs is 1. The molecule has 1 aromatic heterocycles. The van der Waals surface area contributed by atoms with E-state index in [0.717, 1.165) is 37.3 Å². The van der Waals surface area contributed by atoms with Gasteiger partial charge in [0.15, 0.2) is 0 Å². The van der Waals surface area contributed by atoms with Gasteiger partial charge in [0.25, 0.3) is 0 Å². The topological polar surface area (TPSA) is 45.2 Å². The average Bonchev–Trinajstić information content (AvgIpc) is 2.53. The van der Waals surface area contributed by atoms with Crippen molar-refractivity contribution >= 4 is 22.6 Å². The van der Waals surface area contributed by atoms with Crippen molar-refractivity contribution in [1.82, 2.24) is 10.3 Å². The van der Waals surface area contributed by atoms with Crippen molar-refractivity contribution in [3.63, 3.8) is 0 Å². The average molecular weight is 325 g/mol. The lowest BCUT2D eigenvalue weighted by molar-refractivity contribution is -0.126. The Morgan fingerprint density at radius 2 is 2.04 bits per heavy atom. The molecule has 2 heterocycles. The van der Waals surface area contributed by atoms with Crippen LogP contribution in [0.1, 0.15) is 39.2 Å². The summed E-state index contributed by atoms with van der Waals surface area (Å²) >= 11 is 0. The third kappa shape index (κ3) is 3.69. The number of nitrogens with one attached hydrogen (secondary N) is 1. The third-order valence-electron chi connectivity index (χ3n) is 4.52. The van der Waals surface area contributed by atoms with Crippen molar-refractivity contribution in [3.05, 3.63) is 35.9 Å². The number of benzene rings is 1. The molecule has 1 saturated heterocycles. The van der Waals surface area contributed by atoms with Crippen LogP contribution in [-0.4, -0.2) is 29.5 Å². The maximum Gasteiger partial charge on any atom is 0.225 e. The summed E-state index contributed by atoms with van der Waals surface area (Å²) in [5.74, 6) is 1.18. The van der Waals surface area contributed by atoms with E-state index in [-0.39, 0.29) is 17.4 Å². The number of nitrogens with zero attached hydrogens (tertiary/aromatic N) is 2. The zero-order valence-corrected chi connectivity index (χ0v) is 15.1. The molecule has 1 amide bonds. The number of anilines is 1. The summed E-state index contributed by atoms with van der Waals surface area (Å²) in [5, 5.41) is 4.31. The largest absolute Gasteiger partial charge is 0.356 e. The number of carbonyl (C=O) groups is 1. The Balaban J connectivity index is 1.81. The van der Waals surface area contributed by atoms with E-state index in [2.05, 4.69) is 35.3 Å². The Morgan fingerprint density at radius 3 is 2.79 bits per heavy atom. The van der Waals surface area contributed by atoms with Crippen molar-refractivity contribution in [2.75, 3.05) is 18.0 Å². The number of rotatable bonds is 2. The molecule has 1 unspecified atom stereocenters. The van der Waals surface area contributed by atoms with E-state index in [1.807, 2.05) is 32.9 Å². The predicted octanol–water partition coefficient (Wildman–Crippen LogP) is 3.67. The zero-order chi connectivity index (χ0) is 17.3. The van der Waals surface area contributed by atoms with Crippen LogP contribution in [0.2, 0.25) is 0 Å². The van der Waals surface area contributed by atoms with Crippen LogP contribution in [0.15, 0.2) is 30.3 Å². The van der Waals surface area contributed by atoms with Gasteiger partial charge in [-0.3, -0.25) is 4.79 Å². The van der Waals surface area contributed by atoms with Crippen LogP contribution in [0, 0.1) is 12.8 Å². The van der Waals surface area contributed by atoms with Gasteiger partial charge in [0, 0.05) is 24.0 Å². The van der Waals surface area contributed by atoms with Gasteiger partial charge in [0.05, 0.1) is 11.4 Å². The lowest BCUT2D eigenvalue weighted by atomic mass is 9.95. The number of amides is 1.